The van der Waals surface area contributed by atoms with Gasteiger partial charge < -0.3 is 10.5 Å². The second-order valence-corrected chi connectivity index (χ2v) is 4.44. The number of carbonyl (C=O) groups is 1. The molecule has 0 radical (unpaired) electrons. The van der Waals surface area contributed by atoms with Gasteiger partial charge in [-0.3, -0.25) is 9.78 Å². The lowest BCUT2D eigenvalue weighted by atomic mass is 10.2. The first-order chi connectivity index (χ1) is 10.2. The van der Waals surface area contributed by atoms with Gasteiger partial charge in [-0.15, -0.1) is 0 Å². The molecule has 0 saturated carbocycles. The minimum absolute atomic E-state index is 0.100. The topological polar surface area (TPSA) is 65.2 Å². The molecule has 22 heavy (non-hydrogen) atoms. The van der Waals surface area contributed by atoms with Gasteiger partial charge in [-0.2, -0.15) is 13.2 Å². The zero-order valence-electron chi connectivity index (χ0n) is 11.2. The number of hydrogen-bond donors (Lipinski definition) is 1. The molecule has 2 aromatic rings. The maximum absolute atomic E-state index is 13.0. The molecule has 8 heteroatoms. The summed E-state index contributed by atoms with van der Waals surface area (Å²) in [7, 11) is 0. The summed E-state index contributed by atoms with van der Waals surface area (Å²) in [5, 5.41) is 0. The summed E-state index contributed by atoms with van der Waals surface area (Å²) >= 11 is 0. The molecule has 2 N–H and O–H groups in total. The van der Waals surface area contributed by atoms with Crippen molar-refractivity contribution >= 4 is 5.91 Å². The molecule has 0 bridgehead atoms. The Bertz CT molecular complexity index is 729. The number of carbonyl (C=O) groups excluding carboxylic acids is 1. The minimum atomic E-state index is -4.70. The number of halogens is 4. The van der Waals surface area contributed by atoms with Crippen molar-refractivity contribution in [1.82, 2.24) is 4.98 Å². The number of ether oxygens (including phenoxy) is 1. The molecule has 116 valence electrons. The second-order valence-electron chi connectivity index (χ2n) is 4.44. The van der Waals surface area contributed by atoms with E-state index in [9.17, 15) is 22.4 Å². The monoisotopic (exact) mass is 314 g/mol. The van der Waals surface area contributed by atoms with E-state index in [1.807, 2.05) is 0 Å². The van der Waals surface area contributed by atoms with E-state index in [2.05, 4.69) is 4.98 Å². The van der Waals surface area contributed by atoms with E-state index < -0.39 is 29.3 Å². The average Bonchev–Trinajstić information content (AvgIpc) is 2.40. The predicted octanol–water partition coefficient (Wildman–Crippen LogP) is 3.44. The summed E-state index contributed by atoms with van der Waals surface area (Å²) in [6.07, 6.45) is -4.01. The van der Waals surface area contributed by atoms with Crippen LogP contribution in [0.2, 0.25) is 0 Å². The molecule has 1 aromatic carbocycles. The van der Waals surface area contributed by atoms with Gasteiger partial charge >= 0.3 is 6.18 Å². The number of aromatic nitrogens is 1. The van der Waals surface area contributed by atoms with Crippen molar-refractivity contribution in [1.29, 1.82) is 0 Å². The average molecular weight is 314 g/mol. The van der Waals surface area contributed by atoms with Gasteiger partial charge in [0, 0.05) is 12.3 Å². The SMILES string of the molecule is Cc1cc(F)ccc1Oc1cc(C(F)(F)F)ncc1C(N)=O. The van der Waals surface area contributed by atoms with Crippen LogP contribution in [0.3, 0.4) is 0 Å². The number of nitrogens with zero attached hydrogens (tertiary/aromatic N) is 1. The first kappa shape index (κ1) is 15.7. The third kappa shape index (κ3) is 3.33. The van der Waals surface area contributed by atoms with Crippen molar-refractivity contribution in [2.24, 2.45) is 5.73 Å². The highest BCUT2D eigenvalue weighted by molar-refractivity contribution is 5.95. The first-order valence-corrected chi connectivity index (χ1v) is 5.99. The molecule has 4 nitrogen and oxygen atoms in total. The lowest BCUT2D eigenvalue weighted by Gasteiger charge is -2.13. The van der Waals surface area contributed by atoms with Gasteiger partial charge in [-0.05, 0) is 30.7 Å². The molecule has 0 saturated heterocycles. The Kier molecular flexibility index (Phi) is 4.03. The van der Waals surface area contributed by atoms with Gasteiger partial charge in [-0.1, -0.05) is 0 Å². The number of amides is 1. The Balaban J connectivity index is 2.49. The third-order valence-corrected chi connectivity index (χ3v) is 2.78. The molecule has 2 rings (SSSR count). The Morgan fingerprint density at radius 3 is 2.45 bits per heavy atom. The molecular formula is C14H10F4N2O2. The Morgan fingerprint density at radius 2 is 1.91 bits per heavy atom. The predicted molar refractivity (Wildman–Crippen MR) is 69.0 cm³/mol. The number of benzene rings is 1. The van der Waals surface area contributed by atoms with Crippen molar-refractivity contribution in [2.75, 3.05) is 0 Å². The third-order valence-electron chi connectivity index (χ3n) is 2.78. The number of hydrogen-bond acceptors (Lipinski definition) is 3. The molecule has 0 aliphatic heterocycles. The van der Waals surface area contributed by atoms with Gasteiger partial charge in [0.1, 0.15) is 28.6 Å². The number of pyridine rings is 1. The van der Waals surface area contributed by atoms with Crippen molar-refractivity contribution in [3.63, 3.8) is 0 Å². The van der Waals surface area contributed by atoms with Crippen LogP contribution >= 0.6 is 0 Å². The lowest BCUT2D eigenvalue weighted by molar-refractivity contribution is -0.141. The molecule has 0 spiro atoms. The van der Waals surface area contributed by atoms with Crippen LogP contribution in [0.4, 0.5) is 17.6 Å². The standard InChI is InChI=1S/C14H10F4N2O2/c1-7-4-8(15)2-3-10(7)22-11-5-12(14(16,17)18)20-6-9(11)13(19)21/h2-6H,1H3,(H2,19,21). The van der Waals surface area contributed by atoms with Crippen molar-refractivity contribution in [3.8, 4) is 11.5 Å². The minimum Gasteiger partial charge on any atom is -0.456 e. The van der Waals surface area contributed by atoms with Gasteiger partial charge in [0.25, 0.3) is 5.91 Å². The molecule has 0 aliphatic carbocycles. The van der Waals surface area contributed by atoms with Crippen LogP contribution in [0, 0.1) is 12.7 Å². The fourth-order valence-electron chi connectivity index (χ4n) is 1.71. The number of nitrogens with two attached hydrogens (primary N) is 1. The van der Waals surface area contributed by atoms with Crippen molar-refractivity contribution in [3.05, 3.63) is 53.1 Å². The Hall–Kier alpha value is -2.64. The van der Waals surface area contributed by atoms with Crippen LogP contribution in [-0.4, -0.2) is 10.9 Å². The van der Waals surface area contributed by atoms with Crippen LogP contribution in [-0.2, 0) is 6.18 Å². The van der Waals surface area contributed by atoms with E-state index in [0.717, 1.165) is 12.1 Å². The van der Waals surface area contributed by atoms with Gasteiger partial charge in [0.05, 0.1) is 0 Å². The summed E-state index contributed by atoms with van der Waals surface area (Å²) in [4.78, 5) is 14.4. The zero-order chi connectivity index (χ0) is 16.5. The molecule has 0 unspecified atom stereocenters. The molecule has 1 amide bonds. The van der Waals surface area contributed by atoms with Crippen LogP contribution < -0.4 is 10.5 Å². The van der Waals surface area contributed by atoms with Gasteiger partial charge in [0.2, 0.25) is 0 Å². The first-order valence-electron chi connectivity index (χ1n) is 5.99. The van der Waals surface area contributed by atoms with Gasteiger partial charge in [-0.25, -0.2) is 4.39 Å². The van der Waals surface area contributed by atoms with E-state index in [0.29, 0.717) is 17.8 Å². The maximum Gasteiger partial charge on any atom is 0.433 e. The molecule has 1 aromatic heterocycles. The summed E-state index contributed by atoms with van der Waals surface area (Å²) in [6.45, 7) is 1.51. The van der Waals surface area contributed by atoms with E-state index in [1.165, 1.54) is 13.0 Å². The maximum atomic E-state index is 13.0. The van der Waals surface area contributed by atoms with Crippen molar-refractivity contribution < 1.29 is 27.1 Å². The lowest BCUT2D eigenvalue weighted by Crippen LogP contribution is -2.15. The van der Waals surface area contributed by atoms with Crippen LogP contribution in [0.25, 0.3) is 0 Å². The molecule has 1 heterocycles. The summed E-state index contributed by atoms with van der Waals surface area (Å²) in [6, 6.07) is 4.04. The molecular weight excluding hydrogens is 304 g/mol. The highest BCUT2D eigenvalue weighted by Gasteiger charge is 2.34. The fourth-order valence-corrected chi connectivity index (χ4v) is 1.71. The highest BCUT2D eigenvalue weighted by Crippen LogP contribution is 2.34. The fraction of sp³-hybridized carbons (Fsp3) is 0.143. The molecule has 0 aliphatic rings. The van der Waals surface area contributed by atoms with Crippen LogP contribution in [0.5, 0.6) is 11.5 Å². The quantitative estimate of drug-likeness (QED) is 0.883. The smallest absolute Gasteiger partial charge is 0.433 e. The molecule has 0 atom stereocenters. The van der Waals surface area contributed by atoms with E-state index >= 15 is 0 Å². The number of aryl methyl sites for hydroxylation is 1. The van der Waals surface area contributed by atoms with Crippen LogP contribution in [0.15, 0.2) is 30.5 Å². The van der Waals surface area contributed by atoms with Crippen LogP contribution in [0.1, 0.15) is 21.6 Å². The van der Waals surface area contributed by atoms with E-state index in [-0.39, 0.29) is 11.3 Å². The van der Waals surface area contributed by atoms with E-state index in [4.69, 9.17) is 10.5 Å². The highest BCUT2D eigenvalue weighted by atomic mass is 19.4. The second kappa shape index (κ2) is 5.63. The molecule has 0 fully saturated rings. The Morgan fingerprint density at radius 1 is 1.23 bits per heavy atom. The number of alkyl halides is 3. The summed E-state index contributed by atoms with van der Waals surface area (Å²) in [5.74, 6) is -1.81. The largest absolute Gasteiger partial charge is 0.456 e. The summed E-state index contributed by atoms with van der Waals surface area (Å²) < 4.78 is 56.4. The Labute approximate surface area is 122 Å². The normalized spacial score (nSPS) is 11.3. The van der Waals surface area contributed by atoms with E-state index in [1.54, 1.807) is 0 Å². The zero-order valence-corrected chi connectivity index (χ0v) is 11.2. The van der Waals surface area contributed by atoms with Gasteiger partial charge in [0.15, 0.2) is 0 Å². The number of primary amides is 1. The number of rotatable bonds is 3. The van der Waals surface area contributed by atoms with Crippen molar-refractivity contribution in [2.45, 2.75) is 13.1 Å². The summed E-state index contributed by atoms with van der Waals surface area (Å²) in [5.41, 5.74) is 3.90.